The van der Waals surface area contributed by atoms with Crippen molar-refractivity contribution >= 4 is 17.4 Å². The van der Waals surface area contributed by atoms with E-state index in [-0.39, 0.29) is 17.9 Å². The summed E-state index contributed by atoms with van der Waals surface area (Å²) < 4.78 is 10.5. The molecule has 3 N–H and O–H groups in total. The molecule has 2 aromatic carbocycles. The van der Waals surface area contributed by atoms with Crippen LogP contribution in [0, 0.1) is 17.8 Å². The summed E-state index contributed by atoms with van der Waals surface area (Å²) in [7, 11) is 1.39. The Hall–Kier alpha value is -3.12. The summed E-state index contributed by atoms with van der Waals surface area (Å²) in [6.45, 7) is 3.88. The minimum atomic E-state index is -0.396. The summed E-state index contributed by atoms with van der Waals surface area (Å²) in [5.74, 6) is 7.36. The average Bonchev–Trinajstić information content (AvgIpc) is 2.85. The number of rotatable bonds is 7. The Morgan fingerprint density at radius 1 is 1.03 bits per heavy atom. The van der Waals surface area contributed by atoms with Crippen LogP contribution < -0.4 is 16.0 Å². The van der Waals surface area contributed by atoms with E-state index in [0.29, 0.717) is 11.3 Å². The van der Waals surface area contributed by atoms with E-state index >= 15 is 0 Å². The van der Waals surface area contributed by atoms with Crippen molar-refractivity contribution in [3.63, 3.8) is 0 Å². The number of carbonyl (C=O) groups excluding carboxylic acids is 2. The van der Waals surface area contributed by atoms with E-state index in [0.717, 1.165) is 28.9 Å². The molecule has 178 valence electrons. The summed E-state index contributed by atoms with van der Waals surface area (Å²) in [6.07, 6.45) is 7.75. The molecule has 0 unspecified atom stereocenters. The lowest BCUT2D eigenvalue weighted by Crippen LogP contribution is -2.48. The molecule has 4 saturated carbocycles. The molecule has 6 nitrogen and oxygen atoms in total. The van der Waals surface area contributed by atoms with E-state index in [9.17, 15) is 9.59 Å². The maximum Gasteiger partial charge on any atom is 0.337 e. The fourth-order valence-electron chi connectivity index (χ4n) is 7.03. The van der Waals surface area contributed by atoms with Gasteiger partial charge in [-0.25, -0.2) is 10.6 Å². The van der Waals surface area contributed by atoms with Crippen molar-refractivity contribution in [2.75, 3.05) is 13.7 Å². The van der Waals surface area contributed by atoms with Crippen molar-refractivity contribution in [2.45, 2.75) is 43.9 Å². The molecule has 0 aromatic heterocycles. The van der Waals surface area contributed by atoms with E-state index < -0.39 is 5.97 Å². The van der Waals surface area contributed by atoms with Crippen molar-refractivity contribution < 1.29 is 19.1 Å². The van der Waals surface area contributed by atoms with Gasteiger partial charge in [0.15, 0.2) is 6.61 Å². The van der Waals surface area contributed by atoms with Crippen molar-refractivity contribution in [3.8, 4) is 16.9 Å². The number of nitrogens with one attached hydrogen (secondary N) is 1. The van der Waals surface area contributed by atoms with E-state index in [2.05, 4.69) is 24.1 Å². The van der Waals surface area contributed by atoms with Gasteiger partial charge < -0.3 is 9.47 Å². The minimum Gasteiger partial charge on any atom is -0.484 e. The molecule has 0 heterocycles. The molecule has 0 atom stereocenters. The van der Waals surface area contributed by atoms with Crippen LogP contribution in [-0.2, 0) is 19.7 Å². The van der Waals surface area contributed by atoms with Crippen LogP contribution in [0.25, 0.3) is 16.7 Å². The zero-order chi connectivity index (χ0) is 23.9. The highest BCUT2D eigenvalue weighted by molar-refractivity contribution is 6.15. The average molecular weight is 461 g/mol. The van der Waals surface area contributed by atoms with E-state index in [4.69, 9.17) is 15.3 Å². The normalized spacial score (nSPS) is 26.7. The zero-order valence-electron chi connectivity index (χ0n) is 19.6. The molecule has 0 spiro atoms. The Labute approximate surface area is 200 Å². The fourth-order valence-corrected chi connectivity index (χ4v) is 7.03. The molecule has 34 heavy (non-hydrogen) atoms. The summed E-state index contributed by atoms with van der Waals surface area (Å²) in [6, 6.07) is 14.1. The highest BCUT2D eigenvalue weighted by Crippen LogP contribution is 2.62. The maximum atomic E-state index is 12.2. The fraction of sp³-hybridized carbons (Fsp3) is 0.429. The highest BCUT2D eigenvalue weighted by Gasteiger charge is 2.52. The lowest BCUT2D eigenvalue weighted by atomic mass is 9.47. The monoisotopic (exact) mass is 460 g/mol. The minimum absolute atomic E-state index is 0.126. The molecule has 0 radical (unpaired) electrons. The van der Waals surface area contributed by atoms with Crippen LogP contribution in [0.2, 0.25) is 0 Å². The van der Waals surface area contributed by atoms with Gasteiger partial charge in [-0.05, 0) is 102 Å². The number of carbonyl (C=O) groups is 2. The molecule has 6 rings (SSSR count). The van der Waals surface area contributed by atoms with Crippen molar-refractivity contribution in [1.29, 1.82) is 0 Å². The second-order valence-corrected chi connectivity index (χ2v) is 10.3. The summed E-state index contributed by atoms with van der Waals surface area (Å²) in [5, 5.41) is 0. The Balaban J connectivity index is 1.53. The molecular weight excluding hydrogens is 428 g/mol. The number of nitrogens with two attached hydrogens (primary N) is 1. The summed E-state index contributed by atoms with van der Waals surface area (Å²) in [4.78, 5) is 23.6. The van der Waals surface area contributed by atoms with Crippen LogP contribution in [0.1, 0.15) is 49.7 Å². The third kappa shape index (κ3) is 4.11. The quantitative estimate of drug-likeness (QED) is 0.210. The SMILES string of the molecule is C=C(C(=O)OC)c1ccc(-c2ccc(OCC(=O)NN)cc2)c(C23CC4CC(CC(C4)C2)C3)c1. The Bertz CT molecular complexity index is 1090. The first kappa shape index (κ1) is 22.7. The molecule has 0 aliphatic heterocycles. The number of amides is 1. The Morgan fingerprint density at radius 3 is 2.21 bits per heavy atom. The standard InChI is InChI=1S/C28H32N2O4/c1-17(27(32)33-2)22-5-8-24(21-3-6-23(7-4-21)34-16-26(31)30-29)25(12-22)28-13-18-9-19(14-28)11-20(10-18)15-28/h3-8,12,18-20H,1,9-11,13-16,29H2,2H3,(H,30,31). The van der Waals surface area contributed by atoms with E-state index in [1.165, 1.54) is 56.8 Å². The number of hydrogen-bond acceptors (Lipinski definition) is 5. The van der Waals surface area contributed by atoms with Gasteiger partial charge in [0.1, 0.15) is 5.75 Å². The first-order valence-corrected chi connectivity index (χ1v) is 12.1. The van der Waals surface area contributed by atoms with Gasteiger partial charge in [0.05, 0.1) is 12.7 Å². The number of benzene rings is 2. The molecular formula is C28H32N2O4. The lowest BCUT2D eigenvalue weighted by Gasteiger charge is -2.57. The molecule has 2 aromatic rings. The molecule has 4 bridgehead atoms. The van der Waals surface area contributed by atoms with Gasteiger partial charge in [-0.1, -0.05) is 30.8 Å². The van der Waals surface area contributed by atoms with Crippen molar-refractivity contribution in [3.05, 3.63) is 60.2 Å². The van der Waals surface area contributed by atoms with Crippen LogP contribution in [0.15, 0.2) is 49.0 Å². The smallest absolute Gasteiger partial charge is 0.337 e. The summed E-state index contributed by atoms with van der Waals surface area (Å²) >= 11 is 0. The van der Waals surface area contributed by atoms with Gasteiger partial charge in [-0.2, -0.15) is 0 Å². The number of hydrogen-bond donors (Lipinski definition) is 2. The molecule has 4 aliphatic rings. The molecule has 4 fully saturated rings. The predicted octanol–water partition coefficient (Wildman–Crippen LogP) is 4.38. The van der Waals surface area contributed by atoms with Gasteiger partial charge in [-0.3, -0.25) is 10.2 Å². The van der Waals surface area contributed by atoms with Crippen molar-refractivity contribution in [2.24, 2.45) is 23.6 Å². The van der Waals surface area contributed by atoms with Crippen LogP contribution in [-0.4, -0.2) is 25.6 Å². The zero-order valence-corrected chi connectivity index (χ0v) is 19.6. The number of esters is 1. The molecule has 6 heteroatoms. The van der Waals surface area contributed by atoms with Gasteiger partial charge in [0.25, 0.3) is 5.91 Å². The van der Waals surface area contributed by atoms with E-state index in [1.54, 1.807) is 0 Å². The maximum absolute atomic E-state index is 12.2. The molecule has 4 aliphatic carbocycles. The van der Waals surface area contributed by atoms with Gasteiger partial charge in [0.2, 0.25) is 0 Å². The Morgan fingerprint density at radius 2 is 1.65 bits per heavy atom. The van der Waals surface area contributed by atoms with Crippen LogP contribution in [0.4, 0.5) is 0 Å². The largest absolute Gasteiger partial charge is 0.484 e. The second kappa shape index (κ2) is 8.91. The van der Waals surface area contributed by atoms with Crippen molar-refractivity contribution in [1.82, 2.24) is 5.43 Å². The summed E-state index contributed by atoms with van der Waals surface area (Å²) in [5.41, 5.74) is 7.04. The first-order chi connectivity index (χ1) is 16.4. The number of methoxy groups -OCH3 is 1. The second-order valence-electron chi connectivity index (χ2n) is 10.3. The third-order valence-corrected chi connectivity index (χ3v) is 8.11. The first-order valence-electron chi connectivity index (χ1n) is 12.1. The molecule has 0 saturated heterocycles. The van der Waals surface area contributed by atoms with Gasteiger partial charge >= 0.3 is 5.97 Å². The number of hydrazine groups is 1. The van der Waals surface area contributed by atoms with Crippen LogP contribution in [0.5, 0.6) is 5.75 Å². The Kier molecular flexibility index (Phi) is 5.94. The highest BCUT2D eigenvalue weighted by atomic mass is 16.5. The van der Waals surface area contributed by atoms with Crippen LogP contribution in [0.3, 0.4) is 0 Å². The van der Waals surface area contributed by atoms with Gasteiger partial charge in [-0.15, -0.1) is 0 Å². The number of ether oxygens (including phenoxy) is 2. The predicted molar refractivity (Wildman–Crippen MR) is 131 cm³/mol. The topological polar surface area (TPSA) is 90.6 Å². The van der Waals surface area contributed by atoms with Gasteiger partial charge in [0, 0.05) is 0 Å². The molecule has 1 amide bonds. The third-order valence-electron chi connectivity index (χ3n) is 8.11. The van der Waals surface area contributed by atoms with Crippen LogP contribution >= 0.6 is 0 Å². The van der Waals surface area contributed by atoms with E-state index in [1.807, 2.05) is 30.3 Å². The lowest BCUT2D eigenvalue weighted by molar-refractivity contribution is -0.133.